The van der Waals surface area contributed by atoms with Crippen molar-refractivity contribution in [3.8, 4) is 0 Å². The first-order valence-corrected chi connectivity index (χ1v) is 5.50. The smallest absolute Gasteiger partial charge is 0.287 e. The molecule has 2 rings (SSSR count). The van der Waals surface area contributed by atoms with E-state index in [9.17, 15) is 4.79 Å². The van der Waals surface area contributed by atoms with Gasteiger partial charge in [0.1, 0.15) is 5.02 Å². The van der Waals surface area contributed by atoms with Gasteiger partial charge < -0.3 is 10.1 Å². The molecular formula is C10H14ClN3O2. The van der Waals surface area contributed by atoms with E-state index in [1.54, 1.807) is 20.4 Å². The quantitative estimate of drug-likeness (QED) is 0.861. The van der Waals surface area contributed by atoms with Crippen LogP contribution < -0.4 is 10.9 Å². The van der Waals surface area contributed by atoms with E-state index < -0.39 is 0 Å². The number of hydrogen-bond donors (Lipinski definition) is 1. The van der Waals surface area contributed by atoms with E-state index in [1.807, 2.05) is 0 Å². The Morgan fingerprint density at radius 1 is 1.62 bits per heavy atom. The van der Waals surface area contributed by atoms with Gasteiger partial charge in [0.05, 0.1) is 18.0 Å². The Morgan fingerprint density at radius 2 is 2.31 bits per heavy atom. The van der Waals surface area contributed by atoms with Crippen LogP contribution in [0, 0.1) is 0 Å². The number of halogens is 1. The molecule has 1 fully saturated rings. The minimum absolute atomic E-state index is 0.193. The highest BCUT2D eigenvalue weighted by molar-refractivity contribution is 6.32. The van der Waals surface area contributed by atoms with Gasteiger partial charge in [0.15, 0.2) is 0 Å². The summed E-state index contributed by atoms with van der Waals surface area (Å²) in [5, 5.41) is 7.30. The maximum Gasteiger partial charge on any atom is 0.287 e. The van der Waals surface area contributed by atoms with E-state index in [0.717, 1.165) is 12.8 Å². The van der Waals surface area contributed by atoms with Crippen molar-refractivity contribution in [1.82, 2.24) is 9.78 Å². The van der Waals surface area contributed by atoms with Crippen LogP contribution in [0.2, 0.25) is 5.02 Å². The van der Waals surface area contributed by atoms with E-state index in [0.29, 0.717) is 17.8 Å². The minimum Gasteiger partial charge on any atom is -0.381 e. The zero-order valence-corrected chi connectivity index (χ0v) is 9.99. The molecule has 1 aromatic rings. The van der Waals surface area contributed by atoms with Crippen molar-refractivity contribution in [2.24, 2.45) is 7.05 Å². The lowest BCUT2D eigenvalue weighted by Crippen LogP contribution is -2.40. The van der Waals surface area contributed by atoms with Crippen LogP contribution in [0.3, 0.4) is 0 Å². The number of hydrogen-bond acceptors (Lipinski definition) is 4. The van der Waals surface area contributed by atoms with Crippen LogP contribution in [-0.4, -0.2) is 29.0 Å². The van der Waals surface area contributed by atoms with E-state index in [2.05, 4.69) is 10.4 Å². The largest absolute Gasteiger partial charge is 0.381 e. The third-order valence-electron chi connectivity index (χ3n) is 2.87. The highest BCUT2D eigenvalue weighted by atomic mass is 35.5. The second-order valence-corrected chi connectivity index (χ2v) is 4.35. The van der Waals surface area contributed by atoms with E-state index in [-0.39, 0.29) is 10.6 Å². The van der Waals surface area contributed by atoms with Gasteiger partial charge >= 0.3 is 0 Å². The monoisotopic (exact) mass is 243 g/mol. The first kappa shape index (κ1) is 11.4. The Morgan fingerprint density at radius 3 is 2.94 bits per heavy atom. The molecule has 0 spiro atoms. The molecule has 0 aliphatic heterocycles. The standard InChI is InChI=1S/C10H14ClN3O2/c1-14-10(15)9(11)8(5-12-14)13-6-3-7(4-6)16-2/h5-7,13H,3-4H2,1-2H3. The fourth-order valence-electron chi connectivity index (χ4n) is 1.71. The van der Waals surface area contributed by atoms with Gasteiger partial charge in [-0.15, -0.1) is 0 Å². The summed E-state index contributed by atoms with van der Waals surface area (Å²) in [6.45, 7) is 0. The van der Waals surface area contributed by atoms with Gasteiger partial charge in [0.25, 0.3) is 5.56 Å². The number of aromatic nitrogens is 2. The zero-order valence-electron chi connectivity index (χ0n) is 9.24. The molecule has 1 N–H and O–H groups in total. The predicted molar refractivity (Wildman–Crippen MR) is 61.9 cm³/mol. The number of nitrogens with zero attached hydrogens (tertiary/aromatic N) is 2. The van der Waals surface area contributed by atoms with Crippen LogP contribution in [0.5, 0.6) is 0 Å². The summed E-state index contributed by atoms with van der Waals surface area (Å²) in [5.41, 5.74) is 0.318. The molecule has 0 bridgehead atoms. The molecule has 1 saturated carbocycles. The molecule has 1 aliphatic carbocycles. The summed E-state index contributed by atoms with van der Waals surface area (Å²) in [6, 6.07) is 0.316. The van der Waals surface area contributed by atoms with Crippen molar-refractivity contribution in [1.29, 1.82) is 0 Å². The molecule has 0 aromatic carbocycles. The van der Waals surface area contributed by atoms with Crippen molar-refractivity contribution in [2.75, 3.05) is 12.4 Å². The molecule has 16 heavy (non-hydrogen) atoms. The highest BCUT2D eigenvalue weighted by Crippen LogP contribution is 2.27. The Balaban J connectivity index is 2.06. The first-order chi connectivity index (χ1) is 7.61. The third-order valence-corrected chi connectivity index (χ3v) is 3.23. The Bertz CT molecular complexity index is 440. The summed E-state index contributed by atoms with van der Waals surface area (Å²) in [5.74, 6) is 0. The molecule has 0 amide bonds. The summed E-state index contributed by atoms with van der Waals surface area (Å²) in [6.07, 6.45) is 3.75. The van der Waals surface area contributed by atoms with Crippen molar-refractivity contribution >= 4 is 17.3 Å². The molecule has 1 aliphatic rings. The van der Waals surface area contributed by atoms with Crippen molar-refractivity contribution < 1.29 is 4.74 Å². The van der Waals surface area contributed by atoms with Crippen molar-refractivity contribution in [3.05, 3.63) is 21.6 Å². The summed E-state index contributed by atoms with van der Waals surface area (Å²) < 4.78 is 6.39. The molecule has 6 heteroatoms. The van der Waals surface area contributed by atoms with Crippen molar-refractivity contribution in [2.45, 2.75) is 25.0 Å². The summed E-state index contributed by atoms with van der Waals surface area (Å²) in [7, 11) is 3.27. The van der Waals surface area contributed by atoms with Gasteiger partial charge in [0.2, 0.25) is 0 Å². The molecular weight excluding hydrogens is 230 g/mol. The average molecular weight is 244 g/mol. The van der Waals surface area contributed by atoms with Crippen LogP contribution in [-0.2, 0) is 11.8 Å². The molecule has 0 saturated heterocycles. The zero-order chi connectivity index (χ0) is 11.7. The molecule has 88 valence electrons. The van der Waals surface area contributed by atoms with Gasteiger partial charge in [-0.3, -0.25) is 4.79 Å². The molecule has 1 aromatic heterocycles. The fourth-order valence-corrected chi connectivity index (χ4v) is 1.93. The Labute approximate surface area is 98.4 Å². The van der Waals surface area contributed by atoms with Crippen LogP contribution in [0.15, 0.2) is 11.0 Å². The lowest BCUT2D eigenvalue weighted by molar-refractivity contribution is 0.0328. The summed E-state index contributed by atoms with van der Waals surface area (Å²) >= 11 is 5.93. The van der Waals surface area contributed by atoms with Gasteiger partial charge in [-0.2, -0.15) is 5.10 Å². The van der Waals surface area contributed by atoms with Crippen LogP contribution in [0.4, 0.5) is 5.69 Å². The van der Waals surface area contributed by atoms with E-state index >= 15 is 0 Å². The topological polar surface area (TPSA) is 56.1 Å². The molecule has 1 heterocycles. The second kappa shape index (κ2) is 4.43. The number of aryl methyl sites for hydroxylation is 1. The minimum atomic E-state index is -0.283. The third kappa shape index (κ3) is 2.05. The van der Waals surface area contributed by atoms with Gasteiger partial charge in [-0.25, -0.2) is 4.68 Å². The molecule has 0 atom stereocenters. The molecule has 5 nitrogen and oxygen atoms in total. The van der Waals surface area contributed by atoms with Gasteiger partial charge in [-0.05, 0) is 12.8 Å². The highest BCUT2D eigenvalue weighted by Gasteiger charge is 2.29. The predicted octanol–water partition coefficient (Wildman–Crippen LogP) is 1.02. The van der Waals surface area contributed by atoms with E-state index in [4.69, 9.17) is 16.3 Å². The van der Waals surface area contributed by atoms with Crippen molar-refractivity contribution in [3.63, 3.8) is 0 Å². The lowest BCUT2D eigenvalue weighted by atomic mass is 9.89. The number of anilines is 1. The fraction of sp³-hybridized carbons (Fsp3) is 0.600. The summed E-state index contributed by atoms with van der Waals surface area (Å²) in [4.78, 5) is 11.5. The van der Waals surface area contributed by atoms with Crippen LogP contribution in [0.25, 0.3) is 0 Å². The van der Waals surface area contributed by atoms with Crippen LogP contribution >= 0.6 is 11.6 Å². The first-order valence-electron chi connectivity index (χ1n) is 5.13. The van der Waals surface area contributed by atoms with Gasteiger partial charge in [-0.1, -0.05) is 11.6 Å². The van der Waals surface area contributed by atoms with Gasteiger partial charge in [0, 0.05) is 20.2 Å². The number of methoxy groups -OCH3 is 1. The normalized spacial score (nSPS) is 23.9. The Kier molecular flexibility index (Phi) is 3.16. The SMILES string of the molecule is COC1CC(Nc2cnn(C)c(=O)c2Cl)C1. The average Bonchev–Trinajstić information content (AvgIpc) is 2.22. The number of ether oxygens (including phenoxy) is 1. The maximum absolute atomic E-state index is 11.5. The Hall–Kier alpha value is -1.07. The second-order valence-electron chi connectivity index (χ2n) is 3.97. The molecule has 0 radical (unpaired) electrons. The maximum atomic E-state index is 11.5. The van der Waals surface area contributed by atoms with E-state index in [1.165, 1.54) is 4.68 Å². The van der Waals surface area contributed by atoms with Crippen LogP contribution in [0.1, 0.15) is 12.8 Å². The lowest BCUT2D eigenvalue weighted by Gasteiger charge is -2.35. The molecule has 0 unspecified atom stereocenters. The number of rotatable bonds is 3. The number of nitrogens with one attached hydrogen (secondary N) is 1.